The average molecular weight is 311 g/mol. The van der Waals surface area contributed by atoms with Gasteiger partial charge < -0.3 is 10.5 Å². The van der Waals surface area contributed by atoms with Crippen LogP contribution < -0.4 is 10.5 Å². The third-order valence-electron chi connectivity index (χ3n) is 4.26. The number of hydrogen-bond donors (Lipinski definition) is 1. The molecule has 0 amide bonds. The quantitative estimate of drug-likeness (QED) is 0.908. The second-order valence-electron chi connectivity index (χ2n) is 5.94. The fraction of sp³-hybridized carbons (Fsp3) is 0.625. The number of aryl methyl sites for hydroxylation is 1. The van der Waals surface area contributed by atoms with Crippen molar-refractivity contribution in [2.75, 3.05) is 12.9 Å². The maximum absolute atomic E-state index is 12.5. The lowest BCUT2D eigenvalue weighted by Crippen LogP contribution is -2.31. The van der Waals surface area contributed by atoms with Crippen molar-refractivity contribution in [3.8, 4) is 5.75 Å². The Hall–Kier alpha value is -1.07. The van der Waals surface area contributed by atoms with Gasteiger partial charge in [0, 0.05) is 11.6 Å². The van der Waals surface area contributed by atoms with Crippen LogP contribution in [0.4, 0.5) is 0 Å². The molecule has 0 aromatic heterocycles. The van der Waals surface area contributed by atoms with Crippen molar-refractivity contribution in [2.45, 2.75) is 50.3 Å². The Morgan fingerprint density at radius 3 is 2.57 bits per heavy atom. The summed E-state index contributed by atoms with van der Waals surface area (Å²) >= 11 is 0. The number of nitrogens with two attached hydrogens (primary N) is 1. The van der Waals surface area contributed by atoms with Crippen LogP contribution in [0.2, 0.25) is 0 Å². The molecule has 1 aromatic rings. The van der Waals surface area contributed by atoms with Crippen LogP contribution in [0.15, 0.2) is 18.2 Å². The molecule has 1 aliphatic carbocycles. The molecule has 0 heterocycles. The van der Waals surface area contributed by atoms with E-state index in [2.05, 4.69) is 0 Å². The van der Waals surface area contributed by atoms with Gasteiger partial charge in [-0.2, -0.15) is 0 Å². The molecule has 0 saturated heterocycles. The van der Waals surface area contributed by atoms with E-state index >= 15 is 0 Å². The zero-order valence-corrected chi connectivity index (χ0v) is 13.7. The summed E-state index contributed by atoms with van der Waals surface area (Å²) in [6.45, 7) is 1.96. The molecule has 0 radical (unpaired) electrons. The van der Waals surface area contributed by atoms with Gasteiger partial charge in [0.25, 0.3) is 0 Å². The molecular weight excluding hydrogens is 286 g/mol. The molecule has 1 unspecified atom stereocenters. The fourth-order valence-electron chi connectivity index (χ4n) is 3.04. The predicted molar refractivity (Wildman–Crippen MR) is 85.3 cm³/mol. The summed E-state index contributed by atoms with van der Waals surface area (Å²) in [5.41, 5.74) is 8.00. The Kier molecular flexibility index (Phi) is 5.27. The lowest BCUT2D eigenvalue weighted by Gasteiger charge is -2.24. The first-order valence-electron chi connectivity index (χ1n) is 7.55. The summed E-state index contributed by atoms with van der Waals surface area (Å²) < 4.78 is 30.4. The van der Waals surface area contributed by atoms with Gasteiger partial charge >= 0.3 is 0 Å². The van der Waals surface area contributed by atoms with E-state index in [4.69, 9.17) is 10.5 Å². The van der Waals surface area contributed by atoms with E-state index in [0.717, 1.165) is 43.2 Å². The molecule has 5 heteroatoms. The molecule has 21 heavy (non-hydrogen) atoms. The highest BCUT2D eigenvalue weighted by atomic mass is 32.2. The third-order valence-corrected chi connectivity index (χ3v) is 6.57. The number of benzene rings is 1. The molecule has 118 valence electrons. The molecule has 4 nitrogen and oxygen atoms in total. The zero-order valence-electron chi connectivity index (χ0n) is 12.8. The Bertz CT molecular complexity index is 577. The molecule has 0 aliphatic heterocycles. The van der Waals surface area contributed by atoms with Gasteiger partial charge in [-0.3, -0.25) is 0 Å². The highest BCUT2D eigenvalue weighted by Crippen LogP contribution is 2.29. The van der Waals surface area contributed by atoms with Crippen molar-refractivity contribution in [1.82, 2.24) is 0 Å². The van der Waals surface area contributed by atoms with Crippen molar-refractivity contribution in [3.63, 3.8) is 0 Å². The average Bonchev–Trinajstić information content (AvgIpc) is 2.47. The molecule has 2 N–H and O–H groups in total. The topological polar surface area (TPSA) is 69.4 Å². The molecule has 0 spiro atoms. The first-order valence-corrected chi connectivity index (χ1v) is 9.27. The molecular formula is C16H25NO3S. The lowest BCUT2D eigenvalue weighted by atomic mass is 10.0. The third kappa shape index (κ3) is 3.98. The molecule has 1 aromatic carbocycles. The monoisotopic (exact) mass is 311 g/mol. The van der Waals surface area contributed by atoms with Crippen molar-refractivity contribution < 1.29 is 13.2 Å². The molecule has 1 aliphatic rings. The number of methoxy groups -OCH3 is 1. The number of ether oxygens (including phenoxy) is 1. The summed E-state index contributed by atoms with van der Waals surface area (Å²) in [5, 5.41) is -0.215. The lowest BCUT2D eigenvalue weighted by molar-refractivity contribution is 0.406. The molecule has 0 bridgehead atoms. The number of rotatable bonds is 5. The van der Waals surface area contributed by atoms with E-state index in [0.29, 0.717) is 5.75 Å². The van der Waals surface area contributed by atoms with E-state index in [1.807, 2.05) is 25.1 Å². The van der Waals surface area contributed by atoms with E-state index in [-0.39, 0.29) is 11.0 Å². The second kappa shape index (κ2) is 6.79. The zero-order chi connectivity index (χ0) is 15.5. The van der Waals surface area contributed by atoms with Crippen LogP contribution in [0.25, 0.3) is 0 Å². The van der Waals surface area contributed by atoms with Crippen LogP contribution >= 0.6 is 0 Å². The smallest absolute Gasteiger partial charge is 0.155 e. The van der Waals surface area contributed by atoms with Crippen molar-refractivity contribution in [2.24, 2.45) is 5.73 Å². The predicted octanol–water partition coefficient (Wildman–Crippen LogP) is 2.75. The summed E-state index contributed by atoms with van der Waals surface area (Å²) in [4.78, 5) is 0. The minimum atomic E-state index is -3.15. The SMILES string of the molecule is COc1ccc(C)cc1C(N)CS(=O)(=O)C1CCCCC1. The van der Waals surface area contributed by atoms with Gasteiger partial charge in [-0.05, 0) is 25.8 Å². The second-order valence-corrected chi connectivity index (χ2v) is 8.27. The van der Waals surface area contributed by atoms with E-state index in [1.165, 1.54) is 0 Å². The molecule has 1 atom stereocenters. The maximum Gasteiger partial charge on any atom is 0.155 e. The van der Waals surface area contributed by atoms with E-state index < -0.39 is 15.9 Å². The highest BCUT2D eigenvalue weighted by Gasteiger charge is 2.30. The van der Waals surface area contributed by atoms with Gasteiger partial charge in [0.2, 0.25) is 0 Å². The van der Waals surface area contributed by atoms with Crippen LogP contribution in [-0.4, -0.2) is 26.5 Å². The van der Waals surface area contributed by atoms with Crippen LogP contribution in [-0.2, 0) is 9.84 Å². The van der Waals surface area contributed by atoms with Crippen molar-refractivity contribution >= 4 is 9.84 Å². The van der Waals surface area contributed by atoms with Gasteiger partial charge in [-0.1, -0.05) is 37.0 Å². The van der Waals surface area contributed by atoms with Gasteiger partial charge in [-0.15, -0.1) is 0 Å². The Morgan fingerprint density at radius 1 is 1.29 bits per heavy atom. The Balaban J connectivity index is 2.16. The van der Waals surface area contributed by atoms with E-state index in [1.54, 1.807) is 7.11 Å². The Labute approximate surface area is 127 Å². The largest absolute Gasteiger partial charge is 0.496 e. The van der Waals surface area contributed by atoms with Crippen molar-refractivity contribution in [1.29, 1.82) is 0 Å². The normalized spacial score (nSPS) is 18.4. The minimum absolute atomic E-state index is 0.00250. The van der Waals surface area contributed by atoms with Crippen LogP contribution in [0, 0.1) is 6.92 Å². The maximum atomic E-state index is 12.5. The number of hydrogen-bond acceptors (Lipinski definition) is 4. The summed E-state index contributed by atoms with van der Waals surface area (Å²) in [5.74, 6) is 0.657. The van der Waals surface area contributed by atoms with Crippen LogP contribution in [0.5, 0.6) is 5.75 Å². The summed E-state index contributed by atoms with van der Waals surface area (Å²) in [6, 6.07) is 5.16. The minimum Gasteiger partial charge on any atom is -0.496 e. The summed E-state index contributed by atoms with van der Waals surface area (Å²) in [7, 11) is -1.57. The Morgan fingerprint density at radius 2 is 1.95 bits per heavy atom. The summed E-state index contributed by atoms with van der Waals surface area (Å²) in [6.07, 6.45) is 4.71. The highest BCUT2D eigenvalue weighted by molar-refractivity contribution is 7.92. The number of sulfone groups is 1. The van der Waals surface area contributed by atoms with Gasteiger partial charge in [0.15, 0.2) is 9.84 Å². The van der Waals surface area contributed by atoms with Crippen LogP contribution in [0.3, 0.4) is 0 Å². The fourth-order valence-corrected chi connectivity index (χ4v) is 5.05. The van der Waals surface area contributed by atoms with Gasteiger partial charge in [0.05, 0.1) is 18.1 Å². The molecule has 1 saturated carbocycles. The van der Waals surface area contributed by atoms with Gasteiger partial charge in [-0.25, -0.2) is 8.42 Å². The molecule has 2 rings (SSSR count). The van der Waals surface area contributed by atoms with E-state index in [9.17, 15) is 8.42 Å². The standard InChI is InChI=1S/C16H25NO3S/c1-12-8-9-16(20-2)14(10-12)15(17)11-21(18,19)13-6-4-3-5-7-13/h8-10,13,15H,3-7,11,17H2,1-2H3. The molecule has 1 fully saturated rings. The first-order chi connectivity index (χ1) is 9.94. The van der Waals surface area contributed by atoms with Crippen LogP contribution in [0.1, 0.15) is 49.3 Å². The van der Waals surface area contributed by atoms with Gasteiger partial charge in [0.1, 0.15) is 5.75 Å². The van der Waals surface area contributed by atoms with Crippen molar-refractivity contribution in [3.05, 3.63) is 29.3 Å². The first kappa shape index (κ1) is 16.3.